The Morgan fingerprint density at radius 2 is 1.84 bits per heavy atom. The van der Waals surface area contributed by atoms with Crippen LogP contribution in [-0.2, 0) is 15.4 Å². The lowest BCUT2D eigenvalue weighted by Gasteiger charge is -2.28. The van der Waals surface area contributed by atoms with Gasteiger partial charge in [0.15, 0.2) is 5.96 Å². The number of nitrogens with two attached hydrogens (primary N) is 1. The Morgan fingerprint density at radius 3 is 2.40 bits per heavy atom. The number of hydrogen-bond donors (Lipinski definition) is 3. The smallest absolute Gasteiger partial charge is 0.210 e. The standard InChI is InChI=1S/C17H28N4O2S.HI/c1-2-19-16(20-12-13-24(18,22)23)21-14-17(10-6-7-11-17)15-8-4-3-5-9-15;/h3-5,8-9H,2,6-7,10-14H2,1H3,(H2,18,22,23)(H2,19,20,21);1H. The summed E-state index contributed by atoms with van der Waals surface area (Å²) in [5.41, 5.74) is 1.43. The Morgan fingerprint density at radius 1 is 1.20 bits per heavy atom. The molecule has 0 aliphatic heterocycles. The van der Waals surface area contributed by atoms with E-state index in [4.69, 9.17) is 10.1 Å². The molecule has 1 aromatic rings. The average Bonchev–Trinajstić information content (AvgIpc) is 3.02. The van der Waals surface area contributed by atoms with Gasteiger partial charge in [-0.2, -0.15) is 0 Å². The highest BCUT2D eigenvalue weighted by atomic mass is 127. The van der Waals surface area contributed by atoms with Gasteiger partial charge in [0.1, 0.15) is 0 Å². The molecule has 0 aromatic heterocycles. The lowest BCUT2D eigenvalue weighted by molar-refractivity contribution is 0.452. The first kappa shape index (κ1) is 22.2. The molecule has 0 bridgehead atoms. The van der Waals surface area contributed by atoms with E-state index < -0.39 is 10.0 Å². The number of rotatable bonds is 7. The van der Waals surface area contributed by atoms with Gasteiger partial charge < -0.3 is 10.6 Å². The first-order valence-corrected chi connectivity index (χ1v) is 10.2. The van der Waals surface area contributed by atoms with Gasteiger partial charge in [0.25, 0.3) is 0 Å². The summed E-state index contributed by atoms with van der Waals surface area (Å²) in [6.07, 6.45) is 4.72. The number of primary sulfonamides is 1. The molecule has 0 amide bonds. The number of sulfonamides is 1. The molecule has 1 aromatic carbocycles. The zero-order valence-corrected chi connectivity index (χ0v) is 17.8. The van der Waals surface area contributed by atoms with Gasteiger partial charge in [0.05, 0.1) is 12.3 Å². The van der Waals surface area contributed by atoms with Gasteiger partial charge in [-0.15, -0.1) is 24.0 Å². The number of benzene rings is 1. The third kappa shape index (κ3) is 7.10. The fraction of sp³-hybridized carbons (Fsp3) is 0.588. The van der Waals surface area contributed by atoms with Crippen molar-refractivity contribution in [2.75, 3.05) is 25.4 Å². The Balaban J connectivity index is 0.00000312. The van der Waals surface area contributed by atoms with Crippen LogP contribution in [0.1, 0.15) is 38.2 Å². The number of nitrogens with zero attached hydrogens (tertiary/aromatic N) is 1. The van der Waals surface area contributed by atoms with E-state index in [-0.39, 0.29) is 41.7 Å². The highest BCUT2D eigenvalue weighted by molar-refractivity contribution is 14.0. The van der Waals surface area contributed by atoms with E-state index in [2.05, 4.69) is 34.9 Å². The van der Waals surface area contributed by atoms with Crippen LogP contribution in [-0.4, -0.2) is 39.8 Å². The van der Waals surface area contributed by atoms with Crippen molar-refractivity contribution in [3.63, 3.8) is 0 Å². The number of hydrogen-bond acceptors (Lipinski definition) is 3. The first-order chi connectivity index (χ1) is 11.5. The number of nitrogens with one attached hydrogen (secondary N) is 2. The number of aliphatic imine (C=N–C) groups is 1. The second kappa shape index (κ2) is 10.3. The Kier molecular flexibility index (Phi) is 9.15. The molecule has 0 saturated heterocycles. The normalized spacial score (nSPS) is 17.0. The van der Waals surface area contributed by atoms with E-state index in [1.165, 1.54) is 18.4 Å². The monoisotopic (exact) mass is 480 g/mol. The van der Waals surface area contributed by atoms with E-state index >= 15 is 0 Å². The lowest BCUT2D eigenvalue weighted by Crippen LogP contribution is -2.41. The van der Waals surface area contributed by atoms with Crippen molar-refractivity contribution in [2.45, 2.75) is 38.0 Å². The summed E-state index contributed by atoms with van der Waals surface area (Å²) >= 11 is 0. The van der Waals surface area contributed by atoms with Crippen molar-refractivity contribution in [1.29, 1.82) is 0 Å². The summed E-state index contributed by atoms with van der Waals surface area (Å²) in [6, 6.07) is 10.6. The van der Waals surface area contributed by atoms with Gasteiger partial charge in [-0.3, -0.25) is 4.99 Å². The van der Waals surface area contributed by atoms with Gasteiger partial charge in [0, 0.05) is 18.5 Å². The maximum Gasteiger partial charge on any atom is 0.210 e. The van der Waals surface area contributed by atoms with Crippen molar-refractivity contribution >= 4 is 40.0 Å². The number of halogens is 1. The fourth-order valence-electron chi connectivity index (χ4n) is 3.27. The molecule has 25 heavy (non-hydrogen) atoms. The summed E-state index contributed by atoms with van der Waals surface area (Å²) in [5.74, 6) is 0.532. The van der Waals surface area contributed by atoms with E-state index in [1.54, 1.807) is 0 Å². The van der Waals surface area contributed by atoms with E-state index in [1.807, 2.05) is 13.0 Å². The summed E-state index contributed by atoms with van der Waals surface area (Å²) in [7, 11) is -3.47. The molecule has 1 aliphatic carbocycles. The SMILES string of the molecule is CCNC(=NCC1(c2ccccc2)CCCC1)NCCS(N)(=O)=O.I. The summed E-state index contributed by atoms with van der Waals surface area (Å²) in [6.45, 7) is 3.66. The molecule has 6 nitrogen and oxygen atoms in total. The molecule has 1 aliphatic rings. The van der Waals surface area contributed by atoms with Crippen LogP contribution in [0.25, 0.3) is 0 Å². The molecule has 1 fully saturated rings. The molecule has 0 unspecified atom stereocenters. The second-order valence-corrected chi connectivity index (χ2v) is 8.08. The van der Waals surface area contributed by atoms with E-state index in [0.717, 1.165) is 19.4 Å². The van der Waals surface area contributed by atoms with Crippen LogP contribution in [0.4, 0.5) is 0 Å². The Hall–Kier alpha value is -0.870. The molecule has 0 atom stereocenters. The predicted molar refractivity (Wildman–Crippen MR) is 114 cm³/mol. The lowest BCUT2D eigenvalue weighted by atomic mass is 9.79. The minimum absolute atomic E-state index is 0. The molecule has 0 heterocycles. The summed E-state index contributed by atoms with van der Waals surface area (Å²) in [5, 5.41) is 11.3. The van der Waals surface area contributed by atoms with Crippen LogP contribution in [0.3, 0.4) is 0 Å². The number of guanidine groups is 1. The second-order valence-electron chi connectivity index (χ2n) is 6.34. The molecular formula is C17H29IN4O2S. The van der Waals surface area contributed by atoms with Crippen LogP contribution < -0.4 is 15.8 Å². The molecule has 4 N–H and O–H groups in total. The van der Waals surface area contributed by atoms with Crippen LogP contribution in [0.2, 0.25) is 0 Å². The first-order valence-electron chi connectivity index (χ1n) is 8.53. The van der Waals surface area contributed by atoms with Gasteiger partial charge >= 0.3 is 0 Å². The minimum atomic E-state index is -3.47. The van der Waals surface area contributed by atoms with Crippen LogP contribution in [0.15, 0.2) is 35.3 Å². The Bertz CT molecular complexity index is 644. The zero-order valence-electron chi connectivity index (χ0n) is 14.7. The Labute approximate surface area is 168 Å². The molecular weight excluding hydrogens is 451 g/mol. The van der Waals surface area contributed by atoms with Crippen molar-refractivity contribution in [1.82, 2.24) is 10.6 Å². The van der Waals surface area contributed by atoms with Crippen LogP contribution in [0.5, 0.6) is 0 Å². The topological polar surface area (TPSA) is 96.6 Å². The molecule has 0 radical (unpaired) electrons. The molecule has 0 spiro atoms. The van der Waals surface area contributed by atoms with Gasteiger partial charge in [-0.1, -0.05) is 43.2 Å². The van der Waals surface area contributed by atoms with Crippen molar-refractivity contribution in [3.05, 3.63) is 35.9 Å². The van der Waals surface area contributed by atoms with Gasteiger partial charge in [-0.05, 0) is 25.3 Å². The third-order valence-electron chi connectivity index (χ3n) is 4.51. The summed E-state index contributed by atoms with van der Waals surface area (Å²) < 4.78 is 22.1. The zero-order chi connectivity index (χ0) is 17.5. The highest BCUT2D eigenvalue weighted by Crippen LogP contribution is 2.41. The van der Waals surface area contributed by atoms with Crippen molar-refractivity contribution in [2.24, 2.45) is 10.1 Å². The third-order valence-corrected chi connectivity index (χ3v) is 5.28. The van der Waals surface area contributed by atoms with Gasteiger partial charge in [0.2, 0.25) is 10.0 Å². The largest absolute Gasteiger partial charge is 0.357 e. The van der Waals surface area contributed by atoms with Crippen molar-refractivity contribution in [3.8, 4) is 0 Å². The van der Waals surface area contributed by atoms with E-state index in [9.17, 15) is 8.42 Å². The molecule has 142 valence electrons. The molecule has 2 rings (SSSR count). The van der Waals surface area contributed by atoms with Crippen LogP contribution in [0, 0.1) is 0 Å². The molecule has 1 saturated carbocycles. The maximum atomic E-state index is 11.1. The predicted octanol–water partition coefficient (Wildman–Crippen LogP) is 1.96. The van der Waals surface area contributed by atoms with E-state index in [0.29, 0.717) is 12.5 Å². The van der Waals surface area contributed by atoms with Gasteiger partial charge in [-0.25, -0.2) is 13.6 Å². The summed E-state index contributed by atoms with van der Waals surface area (Å²) in [4.78, 5) is 4.72. The quantitative estimate of drug-likeness (QED) is 0.316. The fourth-order valence-corrected chi connectivity index (χ4v) is 3.65. The van der Waals surface area contributed by atoms with Crippen molar-refractivity contribution < 1.29 is 8.42 Å². The van der Waals surface area contributed by atoms with Crippen LogP contribution >= 0.6 is 24.0 Å². The minimum Gasteiger partial charge on any atom is -0.357 e. The maximum absolute atomic E-state index is 11.1. The highest BCUT2D eigenvalue weighted by Gasteiger charge is 2.35. The average molecular weight is 480 g/mol. The molecule has 8 heteroatoms.